The smallest absolute Gasteiger partial charge is 0.181 e. The summed E-state index contributed by atoms with van der Waals surface area (Å²) in [6.07, 6.45) is 0. The van der Waals surface area contributed by atoms with E-state index in [4.69, 9.17) is 10.5 Å². The van der Waals surface area contributed by atoms with Gasteiger partial charge in [-0.15, -0.1) is 11.8 Å². The number of rotatable bonds is 5. The number of hydrogen-bond acceptors (Lipinski definition) is 5. The molecule has 0 spiro atoms. The number of halogens is 1. The van der Waals surface area contributed by atoms with Crippen molar-refractivity contribution in [3.05, 3.63) is 35.8 Å². The molecule has 0 atom stereocenters. The molecule has 6 heteroatoms. The molecule has 2 N–H and O–H groups in total. The molecule has 3 nitrogen and oxygen atoms in total. The first-order valence-corrected chi connectivity index (χ1v) is 7.19. The largest absolute Gasteiger partial charge is 0.493 e. The number of hydrogen-bond donors (Lipinski definition) is 1. The van der Waals surface area contributed by atoms with E-state index in [1.807, 2.05) is 6.92 Å². The summed E-state index contributed by atoms with van der Waals surface area (Å²) in [6.45, 7) is 2.50. The van der Waals surface area contributed by atoms with E-state index in [1.165, 1.54) is 23.5 Å². The number of nitrogen functional groups attached to an aromatic ring is 1. The van der Waals surface area contributed by atoms with Gasteiger partial charge in [0.05, 0.1) is 16.5 Å². The van der Waals surface area contributed by atoms with E-state index in [0.29, 0.717) is 17.5 Å². The van der Waals surface area contributed by atoms with Gasteiger partial charge in [0.15, 0.2) is 5.13 Å². The number of thiazole rings is 1. The van der Waals surface area contributed by atoms with E-state index in [2.05, 4.69) is 4.98 Å². The maximum atomic E-state index is 12.7. The molecule has 0 unspecified atom stereocenters. The molecule has 0 aliphatic rings. The van der Waals surface area contributed by atoms with Gasteiger partial charge in [0.25, 0.3) is 0 Å². The third-order valence-corrected chi connectivity index (χ3v) is 4.48. The summed E-state index contributed by atoms with van der Waals surface area (Å²) in [5.74, 6) is 1.23. The van der Waals surface area contributed by atoms with Crippen molar-refractivity contribution >= 4 is 28.2 Å². The lowest BCUT2D eigenvalue weighted by Gasteiger charge is -2.05. The van der Waals surface area contributed by atoms with Crippen LogP contribution in [0.1, 0.15) is 5.69 Å². The average Bonchev–Trinajstić information content (AvgIpc) is 2.66. The Bertz CT molecular complexity index is 513. The zero-order valence-electron chi connectivity index (χ0n) is 9.85. The maximum absolute atomic E-state index is 12.7. The van der Waals surface area contributed by atoms with Crippen molar-refractivity contribution in [1.29, 1.82) is 0 Å². The summed E-state index contributed by atoms with van der Waals surface area (Å²) in [4.78, 5) is 4.15. The van der Waals surface area contributed by atoms with Crippen molar-refractivity contribution < 1.29 is 9.13 Å². The Morgan fingerprint density at radius 2 is 2.11 bits per heavy atom. The molecule has 0 aliphatic heterocycles. The number of aryl methyl sites for hydroxylation is 1. The molecular formula is C12H13FN2OS2. The monoisotopic (exact) mass is 284 g/mol. The van der Waals surface area contributed by atoms with Crippen LogP contribution in [0.4, 0.5) is 9.52 Å². The van der Waals surface area contributed by atoms with Crippen LogP contribution in [-0.2, 0) is 0 Å². The second kappa shape index (κ2) is 6.06. The average molecular weight is 284 g/mol. The molecule has 2 rings (SSSR count). The molecule has 2 aromatic rings. The van der Waals surface area contributed by atoms with Gasteiger partial charge in [-0.1, -0.05) is 11.3 Å². The minimum Gasteiger partial charge on any atom is -0.493 e. The van der Waals surface area contributed by atoms with Crippen LogP contribution in [0.15, 0.2) is 28.5 Å². The second-order valence-corrected chi connectivity index (χ2v) is 5.97. The Labute approximate surface area is 113 Å². The fraction of sp³-hybridized carbons (Fsp3) is 0.250. The zero-order valence-corrected chi connectivity index (χ0v) is 11.5. The highest BCUT2D eigenvalue weighted by atomic mass is 32.2. The first-order chi connectivity index (χ1) is 8.65. The first kappa shape index (κ1) is 13.2. The summed E-state index contributed by atoms with van der Waals surface area (Å²) in [7, 11) is 0. The molecule has 0 radical (unpaired) electrons. The van der Waals surface area contributed by atoms with Gasteiger partial charge < -0.3 is 10.5 Å². The van der Waals surface area contributed by atoms with Crippen molar-refractivity contribution in [2.24, 2.45) is 0 Å². The standard InChI is InChI=1S/C12H13FN2OS2/c1-8-11(18-12(14)15-8)17-7-6-16-10-4-2-9(13)3-5-10/h2-5H,6-7H2,1H3,(H2,14,15). The minimum absolute atomic E-state index is 0.257. The number of nitrogens with zero attached hydrogens (tertiary/aromatic N) is 1. The highest BCUT2D eigenvalue weighted by Crippen LogP contribution is 2.30. The summed E-state index contributed by atoms with van der Waals surface area (Å²) in [5.41, 5.74) is 6.58. The van der Waals surface area contributed by atoms with Crippen LogP contribution in [-0.4, -0.2) is 17.3 Å². The van der Waals surface area contributed by atoms with E-state index in [1.54, 1.807) is 23.9 Å². The normalized spacial score (nSPS) is 10.6. The van der Waals surface area contributed by atoms with Crippen LogP contribution in [0.25, 0.3) is 0 Å². The molecular weight excluding hydrogens is 271 g/mol. The Morgan fingerprint density at radius 1 is 1.39 bits per heavy atom. The predicted molar refractivity (Wildman–Crippen MR) is 73.9 cm³/mol. The third kappa shape index (κ3) is 3.61. The number of thioether (sulfide) groups is 1. The quantitative estimate of drug-likeness (QED) is 0.675. The Kier molecular flexibility index (Phi) is 4.43. The molecule has 1 aromatic heterocycles. The lowest BCUT2D eigenvalue weighted by atomic mass is 10.3. The van der Waals surface area contributed by atoms with Gasteiger partial charge in [0.1, 0.15) is 11.6 Å². The van der Waals surface area contributed by atoms with E-state index in [-0.39, 0.29) is 5.82 Å². The van der Waals surface area contributed by atoms with Crippen molar-refractivity contribution in [1.82, 2.24) is 4.98 Å². The maximum Gasteiger partial charge on any atom is 0.181 e. The van der Waals surface area contributed by atoms with Crippen molar-refractivity contribution in [2.45, 2.75) is 11.1 Å². The van der Waals surface area contributed by atoms with E-state index >= 15 is 0 Å². The number of nitrogens with two attached hydrogens (primary N) is 1. The van der Waals surface area contributed by atoms with Gasteiger partial charge in [-0.05, 0) is 31.2 Å². The molecule has 18 heavy (non-hydrogen) atoms. The Balaban J connectivity index is 1.76. The number of anilines is 1. The lowest BCUT2D eigenvalue weighted by Crippen LogP contribution is -1.99. The lowest BCUT2D eigenvalue weighted by molar-refractivity contribution is 0.343. The fourth-order valence-corrected chi connectivity index (χ4v) is 3.28. The van der Waals surface area contributed by atoms with Gasteiger partial charge in [0.2, 0.25) is 0 Å². The van der Waals surface area contributed by atoms with Gasteiger partial charge in [-0.3, -0.25) is 0 Å². The van der Waals surface area contributed by atoms with Crippen LogP contribution in [0.5, 0.6) is 5.75 Å². The predicted octanol–water partition coefficient (Wildman–Crippen LogP) is 3.34. The molecule has 96 valence electrons. The number of benzene rings is 1. The van der Waals surface area contributed by atoms with E-state index in [9.17, 15) is 4.39 Å². The van der Waals surface area contributed by atoms with Crippen molar-refractivity contribution in [3.8, 4) is 5.75 Å². The topological polar surface area (TPSA) is 48.1 Å². The summed E-state index contributed by atoms with van der Waals surface area (Å²) in [5, 5.41) is 0.592. The van der Waals surface area contributed by atoms with Crippen LogP contribution >= 0.6 is 23.1 Å². The Morgan fingerprint density at radius 3 is 2.72 bits per heavy atom. The molecule has 1 aromatic carbocycles. The van der Waals surface area contributed by atoms with Gasteiger partial charge >= 0.3 is 0 Å². The van der Waals surface area contributed by atoms with Gasteiger partial charge in [-0.25, -0.2) is 9.37 Å². The number of aromatic nitrogens is 1. The van der Waals surface area contributed by atoms with Gasteiger partial charge in [-0.2, -0.15) is 0 Å². The SMILES string of the molecule is Cc1nc(N)sc1SCCOc1ccc(F)cc1. The molecule has 0 saturated heterocycles. The number of ether oxygens (including phenoxy) is 1. The van der Waals surface area contributed by atoms with Crippen LogP contribution < -0.4 is 10.5 Å². The minimum atomic E-state index is -0.257. The zero-order chi connectivity index (χ0) is 13.0. The van der Waals surface area contributed by atoms with Gasteiger partial charge in [0, 0.05) is 5.75 Å². The highest BCUT2D eigenvalue weighted by Gasteiger charge is 2.05. The Hall–Kier alpha value is -1.27. The third-order valence-electron chi connectivity index (χ3n) is 2.17. The summed E-state index contributed by atoms with van der Waals surface area (Å²) in [6, 6.07) is 6.01. The second-order valence-electron chi connectivity index (χ2n) is 3.58. The fourth-order valence-electron chi connectivity index (χ4n) is 1.36. The molecule has 1 heterocycles. The molecule has 0 bridgehead atoms. The van der Waals surface area contributed by atoms with Crippen LogP contribution in [0.3, 0.4) is 0 Å². The molecule has 0 amide bonds. The van der Waals surface area contributed by atoms with Crippen molar-refractivity contribution in [3.63, 3.8) is 0 Å². The highest BCUT2D eigenvalue weighted by molar-refractivity contribution is 8.01. The molecule has 0 aliphatic carbocycles. The summed E-state index contributed by atoms with van der Waals surface area (Å²) >= 11 is 3.15. The van der Waals surface area contributed by atoms with Crippen molar-refractivity contribution in [2.75, 3.05) is 18.1 Å². The molecule has 0 saturated carbocycles. The molecule has 0 fully saturated rings. The summed E-state index contributed by atoms with van der Waals surface area (Å²) < 4.78 is 19.3. The first-order valence-electron chi connectivity index (χ1n) is 5.39. The van der Waals surface area contributed by atoms with Crippen LogP contribution in [0.2, 0.25) is 0 Å². The van der Waals surface area contributed by atoms with E-state index in [0.717, 1.165) is 15.7 Å². The van der Waals surface area contributed by atoms with Crippen LogP contribution in [0, 0.1) is 12.7 Å². The van der Waals surface area contributed by atoms with E-state index < -0.39 is 0 Å².